The third kappa shape index (κ3) is 8.35. The fourth-order valence-corrected chi connectivity index (χ4v) is 3.13. The fraction of sp³-hybridized carbons (Fsp3) is 0.296. The predicted molar refractivity (Wildman–Crippen MR) is 145 cm³/mol. The molecule has 1 aliphatic rings. The Bertz CT molecular complexity index is 1370. The lowest BCUT2D eigenvalue weighted by atomic mass is 10.1. The maximum absolute atomic E-state index is 13.0. The van der Waals surface area contributed by atoms with E-state index in [0.717, 1.165) is 44.9 Å². The number of fused-ring (bicyclic) bond motifs is 1. The van der Waals surface area contributed by atoms with E-state index in [9.17, 15) is 4.39 Å². The molecule has 3 N–H and O–H groups in total. The van der Waals surface area contributed by atoms with Crippen molar-refractivity contribution in [1.29, 1.82) is 0 Å². The highest BCUT2D eigenvalue weighted by Gasteiger charge is 2.05. The molecule has 9 heteroatoms. The van der Waals surface area contributed by atoms with E-state index in [0.29, 0.717) is 12.5 Å². The van der Waals surface area contributed by atoms with E-state index in [2.05, 4.69) is 35.5 Å². The Balaban J connectivity index is 0.000000244. The number of aromatic amines is 1. The van der Waals surface area contributed by atoms with E-state index >= 15 is 0 Å². The van der Waals surface area contributed by atoms with Gasteiger partial charge in [-0.3, -0.25) is 5.10 Å². The molecular weight excluding hydrogens is 457 g/mol. The molecule has 8 nitrogen and oxygen atoms in total. The van der Waals surface area contributed by atoms with Crippen LogP contribution in [0.15, 0.2) is 60.5 Å². The van der Waals surface area contributed by atoms with Crippen LogP contribution in [-0.4, -0.2) is 48.4 Å². The molecule has 0 unspecified atom stereocenters. The lowest BCUT2D eigenvalue weighted by molar-refractivity contribution is 0.318. The van der Waals surface area contributed by atoms with Crippen molar-refractivity contribution < 1.29 is 9.50 Å². The largest absolute Gasteiger partial charge is 0.397 e. The number of halogens is 1. The molecule has 0 amide bonds. The number of nitrogens with one attached hydrogen (secondary N) is 2. The van der Waals surface area contributed by atoms with Crippen molar-refractivity contribution in [1.82, 2.24) is 30.1 Å². The topological polar surface area (TPSA) is 112 Å². The highest BCUT2D eigenvalue weighted by atomic mass is 19.1. The standard InChI is InChI=1S/C16H18FN3.C9H10N4.C2H6O/c1-3-13-11-19-16(20-15(13)4-2)18-10-12-6-5-7-14(17)9-8-12;1-3-6(2)8-7-4-12-13-9(7)11-5-10-8;1-2-3/h3-5,7-9,11H,6,10H2,1-2H3,(H,18,20);3-5H,1-2H3,(H,10,11,12,13);3H,2H2,1H3/b13-3-,15-4+;6-3+;. The van der Waals surface area contributed by atoms with Crippen LogP contribution in [0.5, 0.6) is 0 Å². The van der Waals surface area contributed by atoms with Gasteiger partial charge in [-0.2, -0.15) is 5.10 Å². The molecule has 36 heavy (non-hydrogen) atoms. The fourth-order valence-electron chi connectivity index (χ4n) is 3.13. The lowest BCUT2D eigenvalue weighted by Crippen LogP contribution is -2.29. The summed E-state index contributed by atoms with van der Waals surface area (Å²) in [6.07, 6.45) is 18.3. The number of anilines is 1. The van der Waals surface area contributed by atoms with Gasteiger partial charge < -0.3 is 10.4 Å². The summed E-state index contributed by atoms with van der Waals surface area (Å²) in [5.74, 6) is 0.365. The van der Waals surface area contributed by atoms with Gasteiger partial charge in [-0.05, 0) is 64.3 Å². The number of hydrogen-bond acceptors (Lipinski definition) is 7. The number of aliphatic hydroxyl groups excluding tert-OH is 1. The third-order valence-electron chi connectivity index (χ3n) is 5.10. The molecule has 0 aromatic carbocycles. The number of rotatable bonds is 4. The van der Waals surface area contributed by atoms with Gasteiger partial charge in [0.25, 0.3) is 0 Å². The van der Waals surface area contributed by atoms with Gasteiger partial charge in [0.05, 0.1) is 22.6 Å². The monoisotopic (exact) mass is 491 g/mol. The minimum absolute atomic E-state index is 0.220. The SMILES string of the molecule is C/C=C(\C)c1ncnc2[nH]ncc12.C/C=c1/cnc(NCC2=CC=C(F)C=CC2)n/c1=C/C.CCO. The van der Waals surface area contributed by atoms with Crippen LogP contribution in [0.3, 0.4) is 0 Å². The Hall–Kier alpha value is -3.98. The van der Waals surface area contributed by atoms with Crippen molar-refractivity contribution >= 4 is 34.7 Å². The van der Waals surface area contributed by atoms with Crippen LogP contribution in [0, 0.1) is 0 Å². The molecule has 3 aromatic rings. The van der Waals surface area contributed by atoms with Gasteiger partial charge in [-0.15, -0.1) is 0 Å². The molecule has 0 fully saturated rings. The summed E-state index contributed by atoms with van der Waals surface area (Å²) < 4.78 is 13.0. The number of aromatic nitrogens is 6. The predicted octanol–water partition coefficient (Wildman–Crippen LogP) is 4.00. The molecule has 0 bridgehead atoms. The van der Waals surface area contributed by atoms with Crippen LogP contribution in [0.2, 0.25) is 0 Å². The Morgan fingerprint density at radius 2 is 1.92 bits per heavy atom. The summed E-state index contributed by atoms with van der Waals surface area (Å²) in [6, 6.07) is 0. The van der Waals surface area contributed by atoms with Crippen molar-refractivity contribution in [2.45, 2.75) is 41.0 Å². The second-order valence-corrected chi connectivity index (χ2v) is 7.59. The summed E-state index contributed by atoms with van der Waals surface area (Å²) in [7, 11) is 0. The van der Waals surface area contributed by atoms with Gasteiger partial charge in [0.1, 0.15) is 12.2 Å². The summed E-state index contributed by atoms with van der Waals surface area (Å²) >= 11 is 0. The van der Waals surface area contributed by atoms with E-state index in [4.69, 9.17) is 5.11 Å². The first-order chi connectivity index (χ1) is 17.5. The summed E-state index contributed by atoms with van der Waals surface area (Å²) in [5, 5.41) is 20.4. The Morgan fingerprint density at radius 3 is 2.61 bits per heavy atom. The lowest BCUT2D eigenvalue weighted by Gasteiger charge is -2.06. The molecule has 190 valence electrons. The normalized spacial score (nSPS) is 14.2. The summed E-state index contributed by atoms with van der Waals surface area (Å²) in [5.41, 5.74) is 3.95. The van der Waals surface area contributed by atoms with E-state index < -0.39 is 0 Å². The number of allylic oxidation sites excluding steroid dienone is 7. The molecule has 1 aliphatic carbocycles. The van der Waals surface area contributed by atoms with Crippen LogP contribution < -0.4 is 15.9 Å². The maximum Gasteiger partial charge on any atom is 0.223 e. The van der Waals surface area contributed by atoms with E-state index in [1.165, 1.54) is 12.2 Å². The van der Waals surface area contributed by atoms with Gasteiger partial charge >= 0.3 is 0 Å². The van der Waals surface area contributed by atoms with Crippen molar-refractivity contribution in [2.75, 3.05) is 18.5 Å². The average Bonchev–Trinajstić information content (AvgIpc) is 3.29. The zero-order chi connectivity index (χ0) is 26.3. The maximum atomic E-state index is 13.0. The molecule has 0 spiro atoms. The van der Waals surface area contributed by atoms with Crippen LogP contribution in [0.4, 0.5) is 10.3 Å². The van der Waals surface area contributed by atoms with E-state index in [1.54, 1.807) is 31.7 Å². The summed E-state index contributed by atoms with van der Waals surface area (Å²) in [4.78, 5) is 17.0. The minimum atomic E-state index is -0.220. The minimum Gasteiger partial charge on any atom is -0.397 e. The van der Waals surface area contributed by atoms with Gasteiger partial charge in [-0.25, -0.2) is 24.3 Å². The second kappa shape index (κ2) is 15.1. The molecular formula is C27H34FN7O. The van der Waals surface area contributed by atoms with Crippen LogP contribution in [0.1, 0.15) is 46.7 Å². The summed E-state index contributed by atoms with van der Waals surface area (Å²) in [6.45, 7) is 10.5. The average molecular weight is 492 g/mol. The highest BCUT2D eigenvalue weighted by Crippen LogP contribution is 2.18. The van der Waals surface area contributed by atoms with Crippen molar-refractivity contribution in [3.05, 3.63) is 76.8 Å². The first kappa shape index (κ1) is 28.3. The van der Waals surface area contributed by atoms with Crippen molar-refractivity contribution in [2.24, 2.45) is 0 Å². The highest BCUT2D eigenvalue weighted by molar-refractivity contribution is 5.86. The first-order valence-electron chi connectivity index (χ1n) is 11.8. The zero-order valence-corrected chi connectivity index (χ0v) is 21.5. The first-order valence-corrected chi connectivity index (χ1v) is 11.8. The van der Waals surface area contributed by atoms with E-state index in [-0.39, 0.29) is 12.4 Å². The van der Waals surface area contributed by atoms with Gasteiger partial charge in [-0.1, -0.05) is 30.4 Å². The van der Waals surface area contributed by atoms with Crippen molar-refractivity contribution in [3.8, 4) is 0 Å². The second-order valence-electron chi connectivity index (χ2n) is 7.59. The molecule has 3 aromatic heterocycles. The Labute approximate surface area is 210 Å². The quantitative estimate of drug-likeness (QED) is 0.506. The molecule has 0 atom stereocenters. The Kier molecular flexibility index (Phi) is 11.9. The van der Waals surface area contributed by atoms with Gasteiger partial charge in [0.2, 0.25) is 5.95 Å². The molecule has 0 aliphatic heterocycles. The molecule has 3 heterocycles. The van der Waals surface area contributed by atoms with Crippen molar-refractivity contribution in [3.63, 3.8) is 0 Å². The molecule has 0 saturated heterocycles. The molecule has 4 rings (SSSR count). The van der Waals surface area contributed by atoms with E-state index in [1.807, 2.05) is 52.0 Å². The molecule has 0 radical (unpaired) electrons. The number of aliphatic hydroxyl groups is 1. The van der Waals surface area contributed by atoms with Crippen LogP contribution >= 0.6 is 0 Å². The van der Waals surface area contributed by atoms with Gasteiger partial charge in [0.15, 0.2) is 5.65 Å². The van der Waals surface area contributed by atoms with Crippen LogP contribution in [-0.2, 0) is 0 Å². The number of H-pyrrole nitrogens is 1. The number of nitrogens with zero attached hydrogens (tertiary/aromatic N) is 5. The zero-order valence-electron chi connectivity index (χ0n) is 21.5. The Morgan fingerprint density at radius 1 is 1.14 bits per heavy atom. The van der Waals surface area contributed by atoms with Gasteiger partial charge in [0, 0.05) is 24.6 Å². The third-order valence-corrected chi connectivity index (χ3v) is 5.10. The number of hydrogen-bond donors (Lipinski definition) is 3. The molecule has 0 saturated carbocycles. The van der Waals surface area contributed by atoms with Crippen LogP contribution in [0.25, 0.3) is 28.8 Å². The smallest absolute Gasteiger partial charge is 0.223 e.